The number of carbonyl (C=O) groups excluding carboxylic acids is 1. The highest BCUT2D eigenvalue weighted by atomic mass is 35.5. The zero-order valence-electron chi connectivity index (χ0n) is 11.0. The van der Waals surface area contributed by atoms with E-state index in [2.05, 4.69) is 12.2 Å². The number of alkyl halides is 1. The lowest BCUT2D eigenvalue weighted by Gasteiger charge is -2.21. The average molecular weight is 260 g/mol. The summed E-state index contributed by atoms with van der Waals surface area (Å²) >= 11 is 6.06. The molecular weight excluding hydrogens is 234 g/mol. The Kier molecular flexibility index (Phi) is 7.67. The van der Waals surface area contributed by atoms with Gasteiger partial charge in [-0.25, -0.2) is 0 Å². The second kappa shape index (κ2) is 8.79. The molecule has 0 heterocycles. The van der Waals surface area contributed by atoms with Crippen LogP contribution in [-0.2, 0) is 4.79 Å². The summed E-state index contributed by atoms with van der Waals surface area (Å²) in [7, 11) is 0. The third-order valence-electron chi connectivity index (χ3n) is 3.63. The smallest absolute Gasteiger partial charge is 0.220 e. The van der Waals surface area contributed by atoms with Crippen LogP contribution < -0.4 is 5.32 Å². The summed E-state index contributed by atoms with van der Waals surface area (Å²) in [5.74, 6) is 0.967. The number of carbonyl (C=O) groups is 1. The first-order valence-electron chi connectivity index (χ1n) is 7.13. The Balaban J connectivity index is 2.04. The molecule has 0 aromatic heterocycles. The van der Waals surface area contributed by atoms with E-state index in [-0.39, 0.29) is 11.3 Å². The molecule has 1 fully saturated rings. The maximum absolute atomic E-state index is 11.6. The minimum Gasteiger partial charge on any atom is -0.355 e. The zero-order valence-corrected chi connectivity index (χ0v) is 11.8. The summed E-state index contributed by atoms with van der Waals surface area (Å²) in [5, 5.41) is 3.03. The third kappa shape index (κ3) is 6.92. The van der Waals surface area contributed by atoms with Crippen LogP contribution >= 0.6 is 11.6 Å². The number of nitrogens with one attached hydrogen (secondary N) is 1. The maximum Gasteiger partial charge on any atom is 0.220 e. The molecule has 0 radical (unpaired) electrons. The minimum absolute atomic E-state index is 0.0960. The lowest BCUT2D eigenvalue weighted by Crippen LogP contribution is -2.30. The van der Waals surface area contributed by atoms with Crippen molar-refractivity contribution in [2.24, 2.45) is 5.92 Å². The molecule has 100 valence electrons. The molecule has 1 unspecified atom stereocenters. The lowest BCUT2D eigenvalue weighted by atomic mass is 9.86. The number of hydrogen-bond donors (Lipinski definition) is 1. The van der Waals surface area contributed by atoms with Gasteiger partial charge in [0.25, 0.3) is 0 Å². The van der Waals surface area contributed by atoms with Crippen molar-refractivity contribution in [3.8, 4) is 0 Å². The van der Waals surface area contributed by atoms with Gasteiger partial charge in [-0.1, -0.05) is 45.4 Å². The molecule has 1 aliphatic carbocycles. The fourth-order valence-corrected chi connectivity index (χ4v) is 2.83. The van der Waals surface area contributed by atoms with E-state index >= 15 is 0 Å². The number of amides is 1. The highest BCUT2D eigenvalue weighted by Crippen LogP contribution is 2.27. The molecule has 17 heavy (non-hydrogen) atoms. The first-order valence-corrected chi connectivity index (χ1v) is 7.56. The normalized spacial score (nSPS) is 18.9. The van der Waals surface area contributed by atoms with Crippen molar-refractivity contribution in [1.29, 1.82) is 0 Å². The monoisotopic (exact) mass is 259 g/mol. The lowest BCUT2D eigenvalue weighted by molar-refractivity contribution is -0.121. The summed E-state index contributed by atoms with van der Waals surface area (Å²) in [6.45, 7) is 2.74. The van der Waals surface area contributed by atoms with Crippen LogP contribution in [0, 0.1) is 5.92 Å². The van der Waals surface area contributed by atoms with Crippen molar-refractivity contribution in [2.45, 2.75) is 70.1 Å². The van der Waals surface area contributed by atoms with Gasteiger partial charge in [-0.05, 0) is 18.8 Å². The van der Waals surface area contributed by atoms with E-state index in [4.69, 9.17) is 11.6 Å². The molecule has 1 aliphatic rings. The van der Waals surface area contributed by atoms with E-state index in [0.29, 0.717) is 13.0 Å². The van der Waals surface area contributed by atoms with E-state index in [1.54, 1.807) is 0 Å². The molecule has 0 aromatic rings. The quantitative estimate of drug-likeness (QED) is 0.691. The summed E-state index contributed by atoms with van der Waals surface area (Å²) in [6, 6.07) is 0. The predicted octanol–water partition coefficient (Wildman–Crippen LogP) is 3.87. The molecular formula is C14H26ClNO. The summed E-state index contributed by atoms with van der Waals surface area (Å²) < 4.78 is 0. The van der Waals surface area contributed by atoms with Crippen LogP contribution in [-0.4, -0.2) is 17.8 Å². The molecule has 0 saturated heterocycles. The Labute approximate surface area is 110 Å². The average Bonchev–Trinajstić information content (AvgIpc) is 2.35. The molecule has 1 rings (SSSR count). The summed E-state index contributed by atoms with van der Waals surface area (Å²) in [6.07, 6.45) is 10.5. The summed E-state index contributed by atoms with van der Waals surface area (Å²) in [5.41, 5.74) is 0. The van der Waals surface area contributed by atoms with Gasteiger partial charge in [0, 0.05) is 13.0 Å². The molecule has 0 spiro atoms. The van der Waals surface area contributed by atoms with Crippen molar-refractivity contribution in [3.05, 3.63) is 0 Å². The first-order chi connectivity index (χ1) is 8.22. The van der Waals surface area contributed by atoms with Gasteiger partial charge < -0.3 is 5.32 Å². The van der Waals surface area contributed by atoms with Gasteiger partial charge in [0.1, 0.15) is 0 Å². The first kappa shape index (κ1) is 14.8. The van der Waals surface area contributed by atoms with Crippen LogP contribution in [0.5, 0.6) is 0 Å². The van der Waals surface area contributed by atoms with Crippen molar-refractivity contribution in [1.82, 2.24) is 5.32 Å². The van der Waals surface area contributed by atoms with Crippen LogP contribution in [0.25, 0.3) is 0 Å². The molecule has 1 amide bonds. The van der Waals surface area contributed by atoms with Gasteiger partial charge in [0.2, 0.25) is 5.91 Å². The fraction of sp³-hybridized carbons (Fsp3) is 0.929. The second-order valence-electron chi connectivity index (χ2n) is 5.23. The Bertz CT molecular complexity index is 214. The molecule has 1 N–H and O–H groups in total. The van der Waals surface area contributed by atoms with Crippen molar-refractivity contribution in [2.75, 3.05) is 6.54 Å². The molecule has 3 heteroatoms. The van der Waals surface area contributed by atoms with Gasteiger partial charge in [-0.15, -0.1) is 11.6 Å². The molecule has 0 aromatic carbocycles. The predicted molar refractivity (Wildman–Crippen MR) is 73.4 cm³/mol. The van der Waals surface area contributed by atoms with Gasteiger partial charge in [-0.3, -0.25) is 4.79 Å². The number of hydrogen-bond acceptors (Lipinski definition) is 1. The van der Waals surface area contributed by atoms with Crippen molar-refractivity contribution in [3.63, 3.8) is 0 Å². The SMILES string of the molecule is CCCC(Cl)CNC(=O)CCC1CCCCC1. The van der Waals surface area contributed by atoms with E-state index in [0.717, 1.165) is 25.2 Å². The Morgan fingerprint density at radius 3 is 2.71 bits per heavy atom. The molecule has 1 saturated carbocycles. The van der Waals surface area contributed by atoms with Crippen molar-refractivity contribution >= 4 is 17.5 Å². The van der Waals surface area contributed by atoms with Gasteiger partial charge >= 0.3 is 0 Å². The van der Waals surface area contributed by atoms with Crippen molar-refractivity contribution < 1.29 is 4.79 Å². The minimum atomic E-state index is 0.0960. The van der Waals surface area contributed by atoms with Gasteiger partial charge in [-0.2, -0.15) is 0 Å². The molecule has 0 bridgehead atoms. The molecule has 0 aliphatic heterocycles. The second-order valence-corrected chi connectivity index (χ2v) is 5.85. The summed E-state index contributed by atoms with van der Waals surface area (Å²) in [4.78, 5) is 11.6. The van der Waals surface area contributed by atoms with Crippen LogP contribution in [0.4, 0.5) is 0 Å². The highest BCUT2D eigenvalue weighted by molar-refractivity contribution is 6.20. The molecule has 1 atom stereocenters. The van der Waals surface area contributed by atoms with Crippen LogP contribution in [0.1, 0.15) is 64.7 Å². The van der Waals surface area contributed by atoms with Gasteiger partial charge in [0.15, 0.2) is 0 Å². The Hall–Kier alpha value is -0.240. The topological polar surface area (TPSA) is 29.1 Å². The molecule has 2 nitrogen and oxygen atoms in total. The van der Waals surface area contributed by atoms with E-state index in [1.807, 2.05) is 0 Å². The number of halogens is 1. The van der Waals surface area contributed by atoms with E-state index < -0.39 is 0 Å². The largest absolute Gasteiger partial charge is 0.355 e. The van der Waals surface area contributed by atoms with E-state index in [1.165, 1.54) is 32.1 Å². The zero-order chi connectivity index (χ0) is 12.5. The Morgan fingerprint density at radius 2 is 2.06 bits per heavy atom. The third-order valence-corrected chi connectivity index (χ3v) is 4.00. The van der Waals surface area contributed by atoms with Crippen LogP contribution in [0.2, 0.25) is 0 Å². The van der Waals surface area contributed by atoms with E-state index in [9.17, 15) is 4.79 Å². The number of rotatable bonds is 7. The van der Waals surface area contributed by atoms with Crippen LogP contribution in [0.15, 0.2) is 0 Å². The van der Waals surface area contributed by atoms with Crippen LogP contribution in [0.3, 0.4) is 0 Å². The Morgan fingerprint density at radius 1 is 1.35 bits per heavy atom. The standard InChI is InChI=1S/C14H26ClNO/c1-2-6-13(15)11-16-14(17)10-9-12-7-4-3-5-8-12/h12-13H,2-11H2,1H3,(H,16,17). The maximum atomic E-state index is 11.6. The highest BCUT2D eigenvalue weighted by Gasteiger charge is 2.15. The van der Waals surface area contributed by atoms with Gasteiger partial charge in [0.05, 0.1) is 5.38 Å². The fourth-order valence-electron chi connectivity index (χ4n) is 2.54.